The lowest BCUT2D eigenvalue weighted by atomic mass is 9.98. The average Bonchev–Trinajstić information content (AvgIpc) is 2.34. The molecule has 2 aromatic carbocycles. The first-order chi connectivity index (χ1) is 8.56. The Bertz CT molecular complexity index is 531. The van der Waals surface area contributed by atoms with Gasteiger partial charge in [-0.1, -0.05) is 30.3 Å². The summed E-state index contributed by atoms with van der Waals surface area (Å²) < 4.78 is 1.19. The molecular weight excluding hydrogens is 335 g/mol. The summed E-state index contributed by atoms with van der Waals surface area (Å²) in [5.41, 5.74) is 4.74. The number of aliphatic hydroxyl groups excluding tert-OH is 1. The van der Waals surface area contributed by atoms with E-state index in [2.05, 4.69) is 54.6 Å². The summed E-state index contributed by atoms with van der Waals surface area (Å²) in [6.45, 7) is 4.21. The fourth-order valence-corrected chi connectivity index (χ4v) is 2.32. The molecule has 2 heteroatoms. The molecule has 1 atom stereocenters. The van der Waals surface area contributed by atoms with Gasteiger partial charge in [-0.3, -0.25) is 0 Å². The molecule has 0 aliphatic rings. The van der Waals surface area contributed by atoms with Gasteiger partial charge >= 0.3 is 0 Å². The van der Waals surface area contributed by atoms with Crippen LogP contribution >= 0.6 is 22.6 Å². The normalized spacial score (nSPS) is 12.4. The third-order valence-corrected chi connectivity index (χ3v) is 3.97. The van der Waals surface area contributed by atoms with Gasteiger partial charge in [0.1, 0.15) is 0 Å². The molecule has 0 saturated carbocycles. The molecule has 0 aliphatic heterocycles. The predicted octanol–water partition coefficient (Wildman–Crippen LogP) is 4.18. The van der Waals surface area contributed by atoms with Crippen LogP contribution in [0.1, 0.15) is 28.4 Å². The van der Waals surface area contributed by atoms with Crippen molar-refractivity contribution in [3.63, 3.8) is 0 Å². The minimum Gasteiger partial charge on any atom is -0.388 e. The van der Waals surface area contributed by atoms with Crippen molar-refractivity contribution in [1.82, 2.24) is 0 Å². The zero-order valence-electron chi connectivity index (χ0n) is 10.7. The van der Waals surface area contributed by atoms with E-state index in [1.807, 2.05) is 24.3 Å². The van der Waals surface area contributed by atoms with Crippen LogP contribution in [-0.4, -0.2) is 5.11 Å². The number of rotatable bonds is 3. The first-order valence-electron chi connectivity index (χ1n) is 6.06. The molecule has 1 unspecified atom stereocenters. The third-order valence-electron chi connectivity index (χ3n) is 3.26. The highest BCUT2D eigenvalue weighted by Crippen LogP contribution is 2.20. The van der Waals surface area contributed by atoms with Crippen molar-refractivity contribution >= 4 is 22.6 Å². The van der Waals surface area contributed by atoms with Crippen molar-refractivity contribution < 1.29 is 5.11 Å². The Morgan fingerprint density at radius 1 is 1.00 bits per heavy atom. The maximum Gasteiger partial charge on any atom is 0.0830 e. The van der Waals surface area contributed by atoms with E-state index in [0.29, 0.717) is 6.42 Å². The Hall–Kier alpha value is -0.870. The molecule has 0 aliphatic carbocycles. The van der Waals surface area contributed by atoms with Crippen LogP contribution in [0.15, 0.2) is 42.5 Å². The molecule has 18 heavy (non-hydrogen) atoms. The second kappa shape index (κ2) is 5.85. The van der Waals surface area contributed by atoms with E-state index < -0.39 is 6.10 Å². The lowest BCUT2D eigenvalue weighted by Crippen LogP contribution is -2.02. The van der Waals surface area contributed by atoms with E-state index in [-0.39, 0.29) is 0 Å². The summed E-state index contributed by atoms with van der Waals surface area (Å²) in [5.74, 6) is 0. The van der Waals surface area contributed by atoms with Gasteiger partial charge in [-0.05, 0) is 70.8 Å². The van der Waals surface area contributed by atoms with Crippen molar-refractivity contribution in [2.75, 3.05) is 0 Å². The van der Waals surface area contributed by atoms with Crippen molar-refractivity contribution in [2.24, 2.45) is 0 Å². The number of aryl methyl sites for hydroxylation is 2. The van der Waals surface area contributed by atoms with Gasteiger partial charge in [0.15, 0.2) is 0 Å². The van der Waals surface area contributed by atoms with Crippen molar-refractivity contribution in [1.29, 1.82) is 0 Å². The summed E-state index contributed by atoms with van der Waals surface area (Å²) in [6, 6.07) is 14.4. The third kappa shape index (κ3) is 3.33. The number of hydrogen-bond donors (Lipinski definition) is 1. The van der Waals surface area contributed by atoms with E-state index in [1.165, 1.54) is 20.3 Å². The Balaban J connectivity index is 2.13. The highest BCUT2D eigenvalue weighted by atomic mass is 127. The van der Waals surface area contributed by atoms with E-state index in [4.69, 9.17) is 0 Å². The van der Waals surface area contributed by atoms with Crippen LogP contribution in [-0.2, 0) is 6.42 Å². The topological polar surface area (TPSA) is 20.2 Å². The van der Waals surface area contributed by atoms with Gasteiger partial charge in [-0.25, -0.2) is 0 Å². The van der Waals surface area contributed by atoms with Crippen LogP contribution < -0.4 is 0 Å². The SMILES string of the molecule is Cc1ccc(CC(O)c2ccc(I)cc2)cc1C. The van der Waals surface area contributed by atoms with Crippen molar-refractivity contribution in [3.05, 3.63) is 68.3 Å². The molecule has 0 aromatic heterocycles. The van der Waals surface area contributed by atoms with E-state index in [9.17, 15) is 5.11 Å². The highest BCUT2D eigenvalue weighted by molar-refractivity contribution is 14.1. The van der Waals surface area contributed by atoms with Crippen LogP contribution in [0.5, 0.6) is 0 Å². The first-order valence-corrected chi connectivity index (χ1v) is 7.14. The van der Waals surface area contributed by atoms with Gasteiger partial charge in [0.2, 0.25) is 0 Å². The van der Waals surface area contributed by atoms with E-state index in [1.54, 1.807) is 0 Å². The summed E-state index contributed by atoms with van der Waals surface area (Å²) in [4.78, 5) is 0. The lowest BCUT2D eigenvalue weighted by Gasteiger charge is -2.12. The number of hydrogen-bond acceptors (Lipinski definition) is 1. The van der Waals surface area contributed by atoms with E-state index in [0.717, 1.165) is 5.56 Å². The molecular formula is C16H17IO. The van der Waals surface area contributed by atoms with Crippen molar-refractivity contribution in [3.8, 4) is 0 Å². The van der Waals surface area contributed by atoms with Crippen LogP contribution in [0.2, 0.25) is 0 Å². The van der Waals surface area contributed by atoms with Crippen LogP contribution in [0.4, 0.5) is 0 Å². The second-order valence-electron chi connectivity index (χ2n) is 4.69. The minimum atomic E-state index is -0.427. The van der Waals surface area contributed by atoms with Crippen molar-refractivity contribution in [2.45, 2.75) is 26.4 Å². The maximum absolute atomic E-state index is 10.2. The summed E-state index contributed by atoms with van der Waals surface area (Å²) in [6.07, 6.45) is 0.242. The molecule has 2 rings (SSSR count). The summed E-state index contributed by atoms with van der Waals surface area (Å²) >= 11 is 2.27. The molecule has 0 radical (unpaired) electrons. The quantitative estimate of drug-likeness (QED) is 0.822. The van der Waals surface area contributed by atoms with Crippen LogP contribution in [0, 0.1) is 17.4 Å². The van der Waals surface area contributed by atoms with Gasteiger partial charge in [-0.2, -0.15) is 0 Å². The zero-order valence-corrected chi connectivity index (χ0v) is 12.8. The molecule has 1 nitrogen and oxygen atoms in total. The molecule has 94 valence electrons. The molecule has 2 aromatic rings. The molecule has 1 N–H and O–H groups in total. The fraction of sp³-hybridized carbons (Fsp3) is 0.250. The molecule has 0 amide bonds. The monoisotopic (exact) mass is 352 g/mol. The molecule has 0 fully saturated rings. The summed E-state index contributed by atoms with van der Waals surface area (Å²) in [7, 11) is 0. The fourth-order valence-electron chi connectivity index (χ4n) is 1.96. The first kappa shape index (κ1) is 13.6. The Labute approximate surface area is 122 Å². The van der Waals surface area contributed by atoms with Gasteiger partial charge in [0.05, 0.1) is 6.10 Å². The van der Waals surface area contributed by atoms with E-state index >= 15 is 0 Å². The standard InChI is InChI=1S/C16H17IO/c1-11-3-4-13(9-12(11)2)10-16(18)14-5-7-15(17)8-6-14/h3-9,16,18H,10H2,1-2H3. The lowest BCUT2D eigenvalue weighted by molar-refractivity contribution is 0.178. The molecule has 0 bridgehead atoms. The number of halogens is 1. The number of aliphatic hydroxyl groups is 1. The maximum atomic E-state index is 10.2. The highest BCUT2D eigenvalue weighted by Gasteiger charge is 2.08. The average molecular weight is 352 g/mol. The van der Waals surface area contributed by atoms with Crippen LogP contribution in [0.3, 0.4) is 0 Å². The molecule has 0 saturated heterocycles. The Morgan fingerprint density at radius 3 is 2.28 bits per heavy atom. The second-order valence-corrected chi connectivity index (χ2v) is 5.94. The van der Waals surface area contributed by atoms with Gasteiger partial charge in [-0.15, -0.1) is 0 Å². The Morgan fingerprint density at radius 2 is 1.67 bits per heavy atom. The Kier molecular flexibility index (Phi) is 4.40. The molecule has 0 heterocycles. The van der Waals surface area contributed by atoms with Crippen LogP contribution in [0.25, 0.3) is 0 Å². The zero-order chi connectivity index (χ0) is 13.1. The summed E-state index contributed by atoms with van der Waals surface area (Å²) in [5, 5.41) is 10.2. The van der Waals surface area contributed by atoms with Gasteiger partial charge in [0, 0.05) is 9.99 Å². The number of benzene rings is 2. The minimum absolute atomic E-state index is 0.427. The largest absolute Gasteiger partial charge is 0.388 e. The molecule has 0 spiro atoms. The van der Waals surface area contributed by atoms with Gasteiger partial charge < -0.3 is 5.11 Å². The smallest absolute Gasteiger partial charge is 0.0830 e. The van der Waals surface area contributed by atoms with Gasteiger partial charge in [0.25, 0.3) is 0 Å². The predicted molar refractivity (Wildman–Crippen MR) is 83.7 cm³/mol.